The van der Waals surface area contributed by atoms with Crippen molar-refractivity contribution in [1.82, 2.24) is 9.59 Å². The van der Waals surface area contributed by atoms with E-state index >= 15 is 0 Å². The minimum atomic E-state index is 0.493. The van der Waals surface area contributed by atoms with Gasteiger partial charge in [-0.3, -0.25) is 0 Å². The molecular weight excluding hydrogens is 228 g/mol. The molecule has 4 nitrogen and oxygen atoms in total. The van der Waals surface area contributed by atoms with Crippen LogP contribution < -0.4 is 11.1 Å². The standard InChI is InChI=1S/C9H8N4S2/c10-8-7(12-13-15-8)9(14)11-6-4-2-1-3-5-6/h1-5H,10H2,(H,11,14). The van der Waals surface area contributed by atoms with Crippen molar-refractivity contribution in [3.8, 4) is 0 Å². The maximum Gasteiger partial charge on any atom is 0.156 e. The van der Waals surface area contributed by atoms with Crippen LogP contribution in [0.3, 0.4) is 0 Å². The topological polar surface area (TPSA) is 63.8 Å². The zero-order chi connectivity index (χ0) is 10.7. The van der Waals surface area contributed by atoms with Crippen LogP contribution in [0, 0.1) is 0 Å². The molecule has 0 aliphatic rings. The third-order valence-electron chi connectivity index (χ3n) is 1.76. The minimum absolute atomic E-state index is 0.493. The van der Waals surface area contributed by atoms with Crippen LogP contribution in [0.25, 0.3) is 0 Å². The number of nitrogens with one attached hydrogen (secondary N) is 1. The van der Waals surface area contributed by atoms with Gasteiger partial charge in [0.2, 0.25) is 0 Å². The molecule has 0 unspecified atom stereocenters. The summed E-state index contributed by atoms with van der Waals surface area (Å²) in [6.45, 7) is 0. The quantitative estimate of drug-likeness (QED) is 0.780. The highest BCUT2D eigenvalue weighted by atomic mass is 32.1. The van der Waals surface area contributed by atoms with E-state index < -0.39 is 0 Å². The Hall–Kier alpha value is -1.53. The average molecular weight is 236 g/mol. The molecule has 2 rings (SSSR count). The van der Waals surface area contributed by atoms with Crippen molar-refractivity contribution in [1.29, 1.82) is 0 Å². The molecule has 0 radical (unpaired) electrons. The number of rotatable bonds is 2. The summed E-state index contributed by atoms with van der Waals surface area (Å²) in [5.41, 5.74) is 7.11. The summed E-state index contributed by atoms with van der Waals surface area (Å²) in [7, 11) is 0. The Kier molecular flexibility index (Phi) is 2.89. The summed E-state index contributed by atoms with van der Waals surface area (Å²) >= 11 is 6.29. The fourth-order valence-corrected chi connectivity index (χ4v) is 1.84. The third-order valence-corrected chi connectivity index (χ3v) is 2.61. The van der Waals surface area contributed by atoms with Crippen molar-refractivity contribution in [2.24, 2.45) is 0 Å². The SMILES string of the molecule is Nc1snnc1C(=S)Nc1ccccc1. The average Bonchev–Trinajstić information content (AvgIpc) is 2.66. The number of hydrogen-bond donors (Lipinski definition) is 2. The predicted molar refractivity (Wildman–Crippen MR) is 66.1 cm³/mol. The van der Waals surface area contributed by atoms with E-state index in [4.69, 9.17) is 18.0 Å². The zero-order valence-corrected chi connectivity index (χ0v) is 9.31. The molecule has 0 saturated heterocycles. The summed E-state index contributed by atoms with van der Waals surface area (Å²) in [4.78, 5) is 0.493. The smallest absolute Gasteiger partial charge is 0.156 e. The number of nitrogen functional groups attached to an aromatic ring is 1. The number of aromatic nitrogens is 2. The van der Waals surface area contributed by atoms with Crippen LogP contribution in [-0.2, 0) is 0 Å². The number of para-hydroxylation sites is 1. The van der Waals surface area contributed by atoms with Gasteiger partial charge < -0.3 is 11.1 Å². The van der Waals surface area contributed by atoms with E-state index in [9.17, 15) is 0 Å². The molecule has 6 heteroatoms. The maximum absolute atomic E-state index is 5.66. The van der Waals surface area contributed by atoms with Gasteiger partial charge in [0, 0.05) is 17.2 Å². The van der Waals surface area contributed by atoms with E-state index in [2.05, 4.69) is 14.9 Å². The van der Waals surface area contributed by atoms with Crippen LogP contribution >= 0.6 is 23.8 Å². The van der Waals surface area contributed by atoms with Gasteiger partial charge in [0.25, 0.3) is 0 Å². The molecule has 1 aromatic heterocycles. The van der Waals surface area contributed by atoms with E-state index in [1.54, 1.807) is 0 Å². The van der Waals surface area contributed by atoms with Crippen LogP contribution in [0.2, 0.25) is 0 Å². The molecule has 0 spiro atoms. The highest BCUT2D eigenvalue weighted by Crippen LogP contribution is 2.15. The number of anilines is 2. The van der Waals surface area contributed by atoms with Gasteiger partial charge in [-0.15, -0.1) is 5.10 Å². The Balaban J connectivity index is 2.15. The lowest BCUT2D eigenvalue weighted by Crippen LogP contribution is -2.12. The second-order valence-corrected chi connectivity index (χ2v) is 4.00. The van der Waals surface area contributed by atoms with E-state index in [0.29, 0.717) is 15.7 Å². The molecule has 76 valence electrons. The van der Waals surface area contributed by atoms with Crippen LogP contribution in [0.15, 0.2) is 30.3 Å². The second kappa shape index (κ2) is 4.33. The minimum Gasteiger partial charge on any atom is -0.387 e. The first-order chi connectivity index (χ1) is 7.27. The van der Waals surface area contributed by atoms with E-state index in [0.717, 1.165) is 17.2 Å². The monoisotopic (exact) mass is 236 g/mol. The Morgan fingerprint density at radius 3 is 2.67 bits per heavy atom. The first-order valence-corrected chi connectivity index (χ1v) is 5.40. The molecule has 1 aromatic carbocycles. The number of benzene rings is 1. The molecule has 1 heterocycles. The zero-order valence-electron chi connectivity index (χ0n) is 7.68. The van der Waals surface area contributed by atoms with Crippen molar-refractivity contribution in [2.45, 2.75) is 0 Å². The summed E-state index contributed by atoms with van der Waals surface area (Å²) < 4.78 is 3.72. The third kappa shape index (κ3) is 2.28. The van der Waals surface area contributed by atoms with Crippen molar-refractivity contribution >= 4 is 39.4 Å². The molecule has 0 saturated carbocycles. The van der Waals surface area contributed by atoms with Crippen molar-refractivity contribution in [2.75, 3.05) is 11.1 Å². The van der Waals surface area contributed by atoms with Gasteiger partial charge in [0.15, 0.2) is 5.69 Å². The van der Waals surface area contributed by atoms with Gasteiger partial charge in [-0.25, -0.2) is 0 Å². The number of hydrogen-bond acceptors (Lipinski definition) is 5. The normalized spacial score (nSPS) is 9.87. The Labute approximate surface area is 96.3 Å². The molecule has 0 fully saturated rings. The van der Waals surface area contributed by atoms with Crippen LogP contribution in [0.4, 0.5) is 10.7 Å². The van der Waals surface area contributed by atoms with Crippen LogP contribution in [-0.4, -0.2) is 14.6 Å². The van der Waals surface area contributed by atoms with Gasteiger partial charge in [-0.2, -0.15) is 0 Å². The lowest BCUT2D eigenvalue weighted by molar-refractivity contribution is 1.14. The Morgan fingerprint density at radius 2 is 2.07 bits per heavy atom. The van der Waals surface area contributed by atoms with Crippen molar-refractivity contribution in [3.63, 3.8) is 0 Å². The summed E-state index contributed by atoms with van der Waals surface area (Å²) in [5, 5.41) is 7.42. The largest absolute Gasteiger partial charge is 0.387 e. The molecule has 2 aromatic rings. The fourth-order valence-electron chi connectivity index (χ4n) is 1.07. The van der Waals surface area contributed by atoms with Gasteiger partial charge >= 0.3 is 0 Å². The molecule has 15 heavy (non-hydrogen) atoms. The van der Waals surface area contributed by atoms with E-state index in [1.807, 2.05) is 30.3 Å². The van der Waals surface area contributed by atoms with Gasteiger partial charge in [0.05, 0.1) is 0 Å². The second-order valence-electron chi connectivity index (χ2n) is 2.81. The summed E-state index contributed by atoms with van der Waals surface area (Å²) in [6.07, 6.45) is 0. The number of nitrogens with zero attached hydrogens (tertiary/aromatic N) is 2. The maximum atomic E-state index is 5.66. The molecule has 0 amide bonds. The molecule has 0 aliphatic carbocycles. The lowest BCUT2D eigenvalue weighted by Gasteiger charge is -2.04. The van der Waals surface area contributed by atoms with E-state index in [1.165, 1.54) is 0 Å². The number of thiocarbonyl (C=S) groups is 1. The van der Waals surface area contributed by atoms with Crippen molar-refractivity contribution < 1.29 is 0 Å². The predicted octanol–water partition coefficient (Wildman–Crippen LogP) is 1.91. The highest BCUT2D eigenvalue weighted by molar-refractivity contribution is 7.81. The molecule has 0 bridgehead atoms. The van der Waals surface area contributed by atoms with Gasteiger partial charge in [-0.1, -0.05) is 34.9 Å². The molecule has 3 N–H and O–H groups in total. The van der Waals surface area contributed by atoms with Gasteiger partial charge in [-0.05, 0) is 12.1 Å². The fraction of sp³-hybridized carbons (Fsp3) is 0. The lowest BCUT2D eigenvalue weighted by atomic mass is 10.3. The van der Waals surface area contributed by atoms with Crippen LogP contribution in [0.5, 0.6) is 0 Å². The van der Waals surface area contributed by atoms with E-state index in [-0.39, 0.29) is 0 Å². The molecule has 0 atom stereocenters. The van der Waals surface area contributed by atoms with Gasteiger partial charge in [0.1, 0.15) is 9.99 Å². The summed E-state index contributed by atoms with van der Waals surface area (Å²) in [5.74, 6) is 0. The first-order valence-electron chi connectivity index (χ1n) is 4.21. The summed E-state index contributed by atoms with van der Waals surface area (Å²) in [6, 6.07) is 9.62. The molecule has 0 aliphatic heterocycles. The van der Waals surface area contributed by atoms with Crippen molar-refractivity contribution in [3.05, 3.63) is 36.0 Å². The first kappa shape index (κ1) is 10.0. The Morgan fingerprint density at radius 1 is 1.33 bits per heavy atom. The van der Waals surface area contributed by atoms with Crippen LogP contribution in [0.1, 0.15) is 5.69 Å². The molecular formula is C9H8N4S2. The number of nitrogens with two attached hydrogens (primary N) is 1. The highest BCUT2D eigenvalue weighted by Gasteiger charge is 2.09. The Bertz CT molecular complexity index is 466.